The Balaban J connectivity index is 1.98. The fourth-order valence-corrected chi connectivity index (χ4v) is 3.41. The number of hydrogen-bond donors (Lipinski definition) is 0. The summed E-state index contributed by atoms with van der Waals surface area (Å²) in [6.45, 7) is 9.96. The maximum Gasteiger partial charge on any atom is 0.225 e. The molecule has 0 aliphatic carbocycles. The van der Waals surface area contributed by atoms with Gasteiger partial charge in [-0.05, 0) is 12.3 Å². The van der Waals surface area contributed by atoms with Gasteiger partial charge in [0.1, 0.15) is 5.82 Å². The van der Waals surface area contributed by atoms with Crippen molar-refractivity contribution in [2.24, 2.45) is 11.8 Å². The van der Waals surface area contributed by atoms with E-state index in [1.54, 1.807) is 0 Å². The largest absolute Gasteiger partial charge is 0.331 e. The summed E-state index contributed by atoms with van der Waals surface area (Å²) in [6.07, 6.45) is 3.08. The van der Waals surface area contributed by atoms with Gasteiger partial charge in [0, 0.05) is 30.8 Å². The van der Waals surface area contributed by atoms with E-state index in [9.17, 15) is 4.79 Å². The number of rotatable bonds is 4. The van der Waals surface area contributed by atoms with Crippen molar-refractivity contribution in [3.05, 3.63) is 42.4 Å². The van der Waals surface area contributed by atoms with E-state index < -0.39 is 0 Å². The van der Waals surface area contributed by atoms with Crippen LogP contribution in [0.3, 0.4) is 0 Å². The molecule has 2 aromatic rings. The molecule has 128 valence electrons. The minimum absolute atomic E-state index is 0.0229. The average Bonchev–Trinajstić information content (AvgIpc) is 2.99. The Hall–Kier alpha value is -2.10. The summed E-state index contributed by atoms with van der Waals surface area (Å²) in [5.41, 5.74) is 2.13. The molecule has 24 heavy (non-hydrogen) atoms. The van der Waals surface area contributed by atoms with Crippen LogP contribution in [0.2, 0.25) is 0 Å². The highest BCUT2D eigenvalue weighted by Gasteiger charge is 2.34. The quantitative estimate of drug-likeness (QED) is 0.847. The number of carbonyl (C=O) groups excluding carboxylic acids is 1. The number of imidazole rings is 1. The molecule has 1 aliphatic rings. The van der Waals surface area contributed by atoms with Crippen LogP contribution < -0.4 is 0 Å². The van der Waals surface area contributed by atoms with E-state index in [0.29, 0.717) is 5.92 Å². The Morgan fingerprint density at radius 1 is 1.17 bits per heavy atom. The standard InChI is InChI=1S/C20H27N3O/c1-14(2)12-18-19-21-17(16-8-6-5-7-9-16)13-22(19)10-11-23(18)20(24)15(3)4/h5-9,13-15,18H,10-12H2,1-4H3/t18-/m1/s1. The van der Waals surface area contributed by atoms with Gasteiger partial charge in [0.25, 0.3) is 0 Å². The van der Waals surface area contributed by atoms with Gasteiger partial charge >= 0.3 is 0 Å². The first-order valence-electron chi connectivity index (χ1n) is 8.90. The Bertz CT molecular complexity index is 703. The van der Waals surface area contributed by atoms with Crippen molar-refractivity contribution in [3.8, 4) is 11.3 Å². The maximum absolute atomic E-state index is 12.7. The zero-order valence-electron chi connectivity index (χ0n) is 15.1. The third kappa shape index (κ3) is 3.23. The van der Waals surface area contributed by atoms with Crippen LogP contribution in [0.1, 0.15) is 46.0 Å². The van der Waals surface area contributed by atoms with Crippen LogP contribution in [-0.2, 0) is 11.3 Å². The number of carbonyl (C=O) groups is 1. The number of aromatic nitrogens is 2. The fraction of sp³-hybridized carbons (Fsp3) is 0.500. The summed E-state index contributed by atoms with van der Waals surface area (Å²) in [7, 11) is 0. The first-order chi connectivity index (χ1) is 11.5. The van der Waals surface area contributed by atoms with Crippen LogP contribution in [0.4, 0.5) is 0 Å². The third-order valence-corrected chi connectivity index (χ3v) is 4.60. The second-order valence-corrected chi connectivity index (χ2v) is 7.38. The van der Waals surface area contributed by atoms with E-state index in [4.69, 9.17) is 4.98 Å². The van der Waals surface area contributed by atoms with Crippen LogP contribution in [0.15, 0.2) is 36.5 Å². The van der Waals surface area contributed by atoms with Gasteiger partial charge in [0.05, 0.1) is 11.7 Å². The van der Waals surface area contributed by atoms with E-state index in [0.717, 1.165) is 36.6 Å². The Morgan fingerprint density at radius 3 is 2.50 bits per heavy atom. The maximum atomic E-state index is 12.7. The van der Waals surface area contributed by atoms with Crippen molar-refractivity contribution < 1.29 is 4.79 Å². The molecule has 4 heteroatoms. The van der Waals surface area contributed by atoms with Gasteiger partial charge in [-0.25, -0.2) is 4.98 Å². The molecular weight excluding hydrogens is 298 g/mol. The van der Waals surface area contributed by atoms with Crippen LogP contribution in [0, 0.1) is 11.8 Å². The summed E-state index contributed by atoms with van der Waals surface area (Å²) in [5.74, 6) is 1.80. The molecule has 2 heterocycles. The van der Waals surface area contributed by atoms with Gasteiger partial charge < -0.3 is 9.47 Å². The zero-order valence-corrected chi connectivity index (χ0v) is 15.1. The van der Waals surface area contributed by atoms with Gasteiger partial charge in [0.15, 0.2) is 0 Å². The molecule has 0 fully saturated rings. The van der Waals surface area contributed by atoms with Gasteiger partial charge in [-0.2, -0.15) is 0 Å². The first-order valence-corrected chi connectivity index (χ1v) is 8.90. The molecule has 0 saturated heterocycles. The number of nitrogens with zero attached hydrogens (tertiary/aromatic N) is 3. The number of benzene rings is 1. The van der Waals surface area contributed by atoms with Crippen molar-refractivity contribution in [2.45, 2.75) is 46.7 Å². The molecule has 0 unspecified atom stereocenters. The molecule has 1 atom stereocenters. The summed E-state index contributed by atoms with van der Waals surface area (Å²) in [4.78, 5) is 19.6. The van der Waals surface area contributed by atoms with E-state index >= 15 is 0 Å². The molecule has 0 spiro atoms. The highest BCUT2D eigenvalue weighted by Crippen LogP contribution is 2.33. The van der Waals surface area contributed by atoms with Crippen molar-refractivity contribution >= 4 is 5.91 Å². The van der Waals surface area contributed by atoms with E-state index in [1.165, 1.54) is 0 Å². The van der Waals surface area contributed by atoms with Crippen LogP contribution in [0.5, 0.6) is 0 Å². The van der Waals surface area contributed by atoms with Gasteiger partial charge in [0.2, 0.25) is 5.91 Å². The first kappa shape index (κ1) is 16.7. The Labute approximate surface area is 144 Å². The van der Waals surface area contributed by atoms with Crippen LogP contribution in [-0.4, -0.2) is 26.9 Å². The normalized spacial score (nSPS) is 17.4. The van der Waals surface area contributed by atoms with Gasteiger partial charge in [-0.3, -0.25) is 4.79 Å². The van der Waals surface area contributed by atoms with Crippen molar-refractivity contribution in [1.29, 1.82) is 0 Å². The molecule has 3 rings (SSSR count). The molecule has 1 amide bonds. The fourth-order valence-electron chi connectivity index (χ4n) is 3.41. The molecule has 1 aromatic carbocycles. The molecule has 0 saturated carbocycles. The predicted octanol–water partition coefficient (Wildman–Crippen LogP) is 4.14. The molecule has 0 N–H and O–H groups in total. The number of fused-ring (bicyclic) bond motifs is 1. The third-order valence-electron chi connectivity index (χ3n) is 4.60. The summed E-state index contributed by atoms with van der Waals surface area (Å²) >= 11 is 0. The molecule has 4 nitrogen and oxygen atoms in total. The van der Waals surface area contributed by atoms with Crippen LogP contribution in [0.25, 0.3) is 11.3 Å². The van der Waals surface area contributed by atoms with E-state index in [-0.39, 0.29) is 17.9 Å². The lowest BCUT2D eigenvalue weighted by Crippen LogP contribution is -2.44. The smallest absolute Gasteiger partial charge is 0.225 e. The zero-order chi connectivity index (χ0) is 17.3. The topological polar surface area (TPSA) is 38.1 Å². The van der Waals surface area contributed by atoms with Crippen LogP contribution >= 0.6 is 0 Å². The van der Waals surface area contributed by atoms with E-state index in [2.05, 4.69) is 36.7 Å². The lowest BCUT2D eigenvalue weighted by molar-refractivity contribution is -0.138. The SMILES string of the molecule is CC(C)C[C@@H]1c2nc(-c3ccccc3)cn2CCN1C(=O)C(C)C. The molecule has 1 aromatic heterocycles. The van der Waals surface area contributed by atoms with Crippen molar-refractivity contribution in [1.82, 2.24) is 14.5 Å². The van der Waals surface area contributed by atoms with Gasteiger partial charge in [-0.15, -0.1) is 0 Å². The molecule has 0 bridgehead atoms. The Morgan fingerprint density at radius 2 is 1.88 bits per heavy atom. The summed E-state index contributed by atoms with van der Waals surface area (Å²) in [6, 6.07) is 10.3. The van der Waals surface area contributed by atoms with Crippen molar-refractivity contribution in [3.63, 3.8) is 0 Å². The highest BCUT2D eigenvalue weighted by atomic mass is 16.2. The number of amides is 1. The second-order valence-electron chi connectivity index (χ2n) is 7.38. The molecule has 0 radical (unpaired) electrons. The highest BCUT2D eigenvalue weighted by molar-refractivity contribution is 5.78. The lowest BCUT2D eigenvalue weighted by Gasteiger charge is -2.37. The second kappa shape index (κ2) is 6.80. The Kier molecular flexibility index (Phi) is 4.74. The predicted molar refractivity (Wildman–Crippen MR) is 96.4 cm³/mol. The molecule has 1 aliphatic heterocycles. The van der Waals surface area contributed by atoms with Gasteiger partial charge in [-0.1, -0.05) is 58.0 Å². The summed E-state index contributed by atoms with van der Waals surface area (Å²) < 4.78 is 2.24. The lowest BCUT2D eigenvalue weighted by atomic mass is 9.99. The monoisotopic (exact) mass is 325 g/mol. The minimum atomic E-state index is 0.0229. The average molecular weight is 325 g/mol. The number of hydrogen-bond acceptors (Lipinski definition) is 2. The molecular formula is C20H27N3O. The minimum Gasteiger partial charge on any atom is -0.331 e. The van der Waals surface area contributed by atoms with Crippen molar-refractivity contribution in [2.75, 3.05) is 6.54 Å². The summed E-state index contributed by atoms with van der Waals surface area (Å²) in [5, 5.41) is 0. The van der Waals surface area contributed by atoms with E-state index in [1.807, 2.05) is 36.9 Å².